The van der Waals surface area contributed by atoms with Gasteiger partial charge in [0.1, 0.15) is 4.90 Å². The summed E-state index contributed by atoms with van der Waals surface area (Å²) in [5.74, 6) is -0.0778. The summed E-state index contributed by atoms with van der Waals surface area (Å²) in [6.45, 7) is 0. The van der Waals surface area contributed by atoms with Gasteiger partial charge in [-0.05, 0) is 65.7 Å². The van der Waals surface area contributed by atoms with Crippen molar-refractivity contribution < 1.29 is 17.3 Å². The van der Waals surface area contributed by atoms with Gasteiger partial charge < -0.3 is 8.92 Å². The van der Waals surface area contributed by atoms with Crippen LogP contribution >= 0.6 is 34.8 Å². The van der Waals surface area contributed by atoms with Crippen LogP contribution in [-0.4, -0.2) is 15.5 Å². The lowest BCUT2D eigenvalue weighted by Crippen LogP contribution is -2.10. The Morgan fingerprint density at radius 1 is 0.968 bits per heavy atom. The molecular weight excluding hydrogens is 481 g/mol. The van der Waals surface area contributed by atoms with E-state index in [4.69, 9.17) is 43.7 Å². The van der Waals surface area contributed by atoms with Crippen molar-refractivity contribution >= 4 is 56.6 Å². The highest BCUT2D eigenvalue weighted by molar-refractivity contribution is 7.87. The third-order valence-electron chi connectivity index (χ3n) is 4.13. The molecule has 0 spiro atoms. The van der Waals surface area contributed by atoms with Crippen LogP contribution in [0.1, 0.15) is 11.1 Å². The van der Waals surface area contributed by atoms with Gasteiger partial charge in [-0.1, -0.05) is 46.9 Å². The van der Waals surface area contributed by atoms with Gasteiger partial charge >= 0.3 is 10.1 Å². The predicted octanol–water partition coefficient (Wildman–Crippen LogP) is 6.49. The van der Waals surface area contributed by atoms with E-state index in [-0.39, 0.29) is 21.4 Å². The van der Waals surface area contributed by atoms with E-state index in [9.17, 15) is 13.7 Å². The molecule has 0 bridgehead atoms. The minimum absolute atomic E-state index is 0.00321. The molecule has 0 saturated carbocycles. The standard InChI is InChI=1S/C22H14Cl3NO4S/c1-29-21-12-14(10-16(13-26)15-2-4-17(23)5-3-15)11-20(25)22(21)30-31(27,28)19-8-6-18(24)7-9-19/h2-12H,1H3/b16-10+. The largest absolute Gasteiger partial charge is 0.493 e. The number of hydrogen-bond donors (Lipinski definition) is 0. The van der Waals surface area contributed by atoms with Gasteiger partial charge in [-0.15, -0.1) is 0 Å². The van der Waals surface area contributed by atoms with Gasteiger partial charge in [0.25, 0.3) is 0 Å². The third-order valence-corrected chi connectivity index (χ3v) is 6.15. The topological polar surface area (TPSA) is 76.4 Å². The molecule has 0 aliphatic rings. The first-order chi connectivity index (χ1) is 14.7. The van der Waals surface area contributed by atoms with Crippen LogP contribution < -0.4 is 8.92 Å². The van der Waals surface area contributed by atoms with Crippen LogP contribution in [0.25, 0.3) is 11.6 Å². The predicted molar refractivity (Wildman–Crippen MR) is 122 cm³/mol. The molecule has 158 valence electrons. The quantitative estimate of drug-likeness (QED) is 0.222. The third kappa shape index (κ3) is 5.52. The average Bonchev–Trinajstić information content (AvgIpc) is 2.74. The van der Waals surface area contributed by atoms with E-state index in [2.05, 4.69) is 6.07 Å². The van der Waals surface area contributed by atoms with Crippen LogP contribution in [0.4, 0.5) is 0 Å². The number of methoxy groups -OCH3 is 1. The van der Waals surface area contributed by atoms with E-state index < -0.39 is 10.1 Å². The number of allylic oxidation sites excluding steroid dienone is 1. The molecule has 9 heteroatoms. The number of benzene rings is 3. The highest BCUT2D eigenvalue weighted by Crippen LogP contribution is 2.39. The molecule has 0 aromatic heterocycles. The summed E-state index contributed by atoms with van der Waals surface area (Å²) in [7, 11) is -2.82. The normalized spacial score (nSPS) is 11.6. The molecule has 31 heavy (non-hydrogen) atoms. The van der Waals surface area contributed by atoms with Crippen LogP contribution in [-0.2, 0) is 10.1 Å². The van der Waals surface area contributed by atoms with E-state index in [0.29, 0.717) is 26.7 Å². The maximum Gasteiger partial charge on any atom is 0.339 e. The molecule has 0 radical (unpaired) electrons. The van der Waals surface area contributed by atoms with Crippen LogP contribution in [0.3, 0.4) is 0 Å². The minimum Gasteiger partial charge on any atom is -0.493 e. The minimum atomic E-state index is -4.18. The Morgan fingerprint density at radius 2 is 1.55 bits per heavy atom. The number of hydrogen-bond acceptors (Lipinski definition) is 5. The summed E-state index contributed by atoms with van der Waals surface area (Å²) in [6.07, 6.45) is 1.59. The molecule has 0 heterocycles. The van der Waals surface area contributed by atoms with Crippen molar-refractivity contribution in [3.8, 4) is 17.6 Å². The molecule has 0 aliphatic heterocycles. The summed E-state index contributed by atoms with van der Waals surface area (Å²) < 4.78 is 35.7. The van der Waals surface area contributed by atoms with E-state index in [1.54, 1.807) is 30.3 Å². The zero-order valence-corrected chi connectivity index (χ0v) is 19.1. The molecule has 3 aromatic rings. The number of ether oxygens (including phenoxy) is 1. The van der Waals surface area contributed by atoms with Crippen molar-refractivity contribution in [2.75, 3.05) is 7.11 Å². The van der Waals surface area contributed by atoms with Crippen LogP contribution in [0.5, 0.6) is 11.5 Å². The molecule has 0 unspecified atom stereocenters. The summed E-state index contributed by atoms with van der Waals surface area (Å²) in [5.41, 5.74) is 1.54. The van der Waals surface area contributed by atoms with Gasteiger partial charge in [0, 0.05) is 10.0 Å². The Bertz CT molecular complexity index is 1280. The maximum atomic E-state index is 12.6. The van der Waals surface area contributed by atoms with E-state index in [1.807, 2.05) is 0 Å². The molecule has 3 aromatic carbocycles. The number of nitrogens with zero attached hydrogens (tertiary/aromatic N) is 1. The second kappa shape index (κ2) is 9.63. The van der Waals surface area contributed by atoms with E-state index in [1.165, 1.54) is 43.5 Å². The van der Waals surface area contributed by atoms with Crippen molar-refractivity contribution in [1.29, 1.82) is 5.26 Å². The molecule has 0 aliphatic carbocycles. The molecule has 5 nitrogen and oxygen atoms in total. The lowest BCUT2D eigenvalue weighted by atomic mass is 10.0. The molecule has 0 fully saturated rings. The average molecular weight is 495 g/mol. The Labute approximate surface area is 195 Å². The number of halogens is 3. The molecule has 0 atom stereocenters. The van der Waals surface area contributed by atoms with Crippen LogP contribution in [0, 0.1) is 11.3 Å². The summed E-state index contributed by atoms with van der Waals surface area (Å²) in [4.78, 5) is -0.0894. The number of rotatable bonds is 6. The fourth-order valence-corrected chi connectivity index (χ4v) is 4.15. The SMILES string of the molecule is COc1cc(/C=C(\C#N)c2ccc(Cl)cc2)cc(Cl)c1OS(=O)(=O)c1ccc(Cl)cc1. The highest BCUT2D eigenvalue weighted by Gasteiger charge is 2.22. The summed E-state index contributed by atoms with van der Waals surface area (Å²) in [5, 5.41) is 10.5. The van der Waals surface area contributed by atoms with Gasteiger partial charge in [-0.2, -0.15) is 13.7 Å². The molecule has 0 N–H and O–H groups in total. The summed E-state index contributed by atoms with van der Waals surface area (Å²) in [6, 6.07) is 17.4. The van der Waals surface area contributed by atoms with Crippen molar-refractivity contribution in [3.63, 3.8) is 0 Å². The van der Waals surface area contributed by atoms with Crippen LogP contribution in [0.2, 0.25) is 15.1 Å². The first-order valence-corrected chi connectivity index (χ1v) is 11.2. The highest BCUT2D eigenvalue weighted by atomic mass is 35.5. The van der Waals surface area contributed by atoms with Gasteiger partial charge in [-0.25, -0.2) is 0 Å². The molecule has 3 rings (SSSR count). The monoisotopic (exact) mass is 493 g/mol. The Balaban J connectivity index is 1.99. The molecular formula is C22H14Cl3NO4S. The first kappa shape index (κ1) is 23.0. The van der Waals surface area contributed by atoms with Crippen LogP contribution in [0.15, 0.2) is 65.6 Å². The Morgan fingerprint density at radius 3 is 2.10 bits per heavy atom. The Hall–Kier alpha value is -2.69. The maximum absolute atomic E-state index is 12.6. The lowest BCUT2D eigenvalue weighted by molar-refractivity contribution is 0.390. The Kier molecular flexibility index (Phi) is 7.14. The lowest BCUT2D eigenvalue weighted by Gasteiger charge is -2.13. The second-order valence-electron chi connectivity index (χ2n) is 6.20. The zero-order chi connectivity index (χ0) is 22.6. The molecule has 0 saturated heterocycles. The van der Waals surface area contributed by atoms with Gasteiger partial charge in [0.15, 0.2) is 5.75 Å². The fraction of sp³-hybridized carbons (Fsp3) is 0.0455. The van der Waals surface area contributed by atoms with Gasteiger partial charge in [-0.3, -0.25) is 0 Å². The van der Waals surface area contributed by atoms with E-state index in [0.717, 1.165) is 0 Å². The smallest absolute Gasteiger partial charge is 0.339 e. The van der Waals surface area contributed by atoms with Gasteiger partial charge in [0.2, 0.25) is 5.75 Å². The van der Waals surface area contributed by atoms with Crippen molar-refractivity contribution in [3.05, 3.63) is 86.9 Å². The van der Waals surface area contributed by atoms with Gasteiger partial charge in [0.05, 0.1) is 23.8 Å². The van der Waals surface area contributed by atoms with Crippen molar-refractivity contribution in [1.82, 2.24) is 0 Å². The second-order valence-corrected chi connectivity index (χ2v) is 9.03. The molecule has 0 amide bonds. The summed E-state index contributed by atoms with van der Waals surface area (Å²) >= 11 is 18.0. The van der Waals surface area contributed by atoms with Crippen molar-refractivity contribution in [2.24, 2.45) is 0 Å². The van der Waals surface area contributed by atoms with E-state index >= 15 is 0 Å². The number of nitriles is 1. The fourth-order valence-electron chi connectivity index (χ4n) is 2.64. The first-order valence-electron chi connectivity index (χ1n) is 8.69. The zero-order valence-electron chi connectivity index (χ0n) is 16.0. The van der Waals surface area contributed by atoms with Crippen molar-refractivity contribution in [2.45, 2.75) is 4.90 Å².